The number of amides is 1. The number of hydrogen-bond acceptors (Lipinski definition) is 5. The van der Waals surface area contributed by atoms with Crippen molar-refractivity contribution < 1.29 is 14.7 Å². The summed E-state index contributed by atoms with van der Waals surface area (Å²) in [4.78, 5) is 23.0. The van der Waals surface area contributed by atoms with Gasteiger partial charge in [0.25, 0.3) is 5.91 Å². The van der Waals surface area contributed by atoms with Crippen LogP contribution in [-0.4, -0.2) is 22.5 Å². The molecule has 0 aliphatic carbocycles. The standard InChI is InChI=1S/C18H13N3O3S/c19-9-14-15(20-18(25)21-16(14)22)11-6-4-10(5-7-11)12-2-1-3-13(8-12)17(23)24/h1-8,18,20,25H,(H,21,22)(H,23,24). The molecule has 0 spiro atoms. The highest BCUT2D eigenvalue weighted by atomic mass is 32.1. The Hall–Kier alpha value is -3.24. The van der Waals surface area contributed by atoms with Gasteiger partial charge >= 0.3 is 5.97 Å². The molecule has 124 valence electrons. The van der Waals surface area contributed by atoms with Gasteiger partial charge in [0.05, 0.1) is 11.3 Å². The van der Waals surface area contributed by atoms with Crippen molar-refractivity contribution in [1.29, 1.82) is 5.26 Å². The number of carboxylic acid groups (broad SMARTS) is 1. The summed E-state index contributed by atoms with van der Waals surface area (Å²) in [5.41, 5.74) is 2.30. The van der Waals surface area contributed by atoms with E-state index in [4.69, 9.17) is 5.11 Å². The smallest absolute Gasteiger partial charge is 0.335 e. The van der Waals surface area contributed by atoms with Gasteiger partial charge in [0.1, 0.15) is 17.1 Å². The van der Waals surface area contributed by atoms with Gasteiger partial charge in [-0.3, -0.25) is 4.79 Å². The van der Waals surface area contributed by atoms with E-state index in [1.165, 1.54) is 6.07 Å². The first kappa shape index (κ1) is 16.6. The highest BCUT2D eigenvalue weighted by Gasteiger charge is 2.25. The molecule has 2 aromatic carbocycles. The first-order valence-corrected chi connectivity index (χ1v) is 7.85. The molecule has 0 aromatic heterocycles. The monoisotopic (exact) mass is 351 g/mol. The van der Waals surface area contributed by atoms with Crippen LogP contribution in [0.15, 0.2) is 54.1 Å². The highest BCUT2D eigenvalue weighted by molar-refractivity contribution is 7.80. The summed E-state index contributed by atoms with van der Waals surface area (Å²) >= 11 is 4.18. The van der Waals surface area contributed by atoms with Gasteiger partial charge in [0, 0.05) is 0 Å². The lowest BCUT2D eigenvalue weighted by Gasteiger charge is -2.24. The fourth-order valence-electron chi connectivity index (χ4n) is 2.55. The number of nitrogens with zero attached hydrogens (tertiary/aromatic N) is 1. The Kier molecular flexibility index (Phi) is 4.46. The Morgan fingerprint density at radius 3 is 2.40 bits per heavy atom. The molecule has 3 N–H and O–H groups in total. The van der Waals surface area contributed by atoms with Gasteiger partial charge in [-0.05, 0) is 28.8 Å². The van der Waals surface area contributed by atoms with Crippen LogP contribution in [0.5, 0.6) is 0 Å². The Morgan fingerprint density at radius 2 is 1.76 bits per heavy atom. The van der Waals surface area contributed by atoms with E-state index < -0.39 is 17.4 Å². The molecule has 25 heavy (non-hydrogen) atoms. The molecule has 0 saturated carbocycles. The molecular weight excluding hydrogens is 338 g/mol. The third-order valence-electron chi connectivity index (χ3n) is 3.75. The minimum Gasteiger partial charge on any atom is -0.478 e. The van der Waals surface area contributed by atoms with Crippen LogP contribution in [0.1, 0.15) is 15.9 Å². The third kappa shape index (κ3) is 3.34. The summed E-state index contributed by atoms with van der Waals surface area (Å²) in [6.45, 7) is 0. The first-order chi connectivity index (χ1) is 12.0. The van der Waals surface area contributed by atoms with Crippen LogP contribution in [0.3, 0.4) is 0 Å². The second kappa shape index (κ2) is 6.71. The maximum Gasteiger partial charge on any atom is 0.335 e. The lowest BCUT2D eigenvalue weighted by atomic mass is 9.99. The van der Waals surface area contributed by atoms with Gasteiger partial charge in [-0.2, -0.15) is 5.26 Å². The molecule has 1 amide bonds. The number of aromatic carboxylic acids is 1. The molecule has 1 aliphatic rings. The Balaban J connectivity index is 1.98. The predicted molar refractivity (Wildman–Crippen MR) is 95.4 cm³/mol. The van der Waals surface area contributed by atoms with E-state index in [-0.39, 0.29) is 11.1 Å². The quantitative estimate of drug-likeness (QED) is 0.635. The summed E-state index contributed by atoms with van der Waals surface area (Å²) < 4.78 is 0. The number of benzene rings is 2. The summed E-state index contributed by atoms with van der Waals surface area (Å²) in [5, 5.41) is 23.8. The average molecular weight is 351 g/mol. The van der Waals surface area contributed by atoms with E-state index in [9.17, 15) is 14.9 Å². The topological polar surface area (TPSA) is 102 Å². The van der Waals surface area contributed by atoms with Crippen LogP contribution in [0.2, 0.25) is 0 Å². The number of thiol groups is 1. The third-order valence-corrected chi connectivity index (χ3v) is 4.01. The Labute approximate surface area is 149 Å². The number of carbonyl (C=O) groups excluding carboxylic acids is 1. The molecule has 2 aromatic rings. The van der Waals surface area contributed by atoms with Crippen molar-refractivity contribution in [2.75, 3.05) is 0 Å². The number of carboxylic acids is 1. The fourth-order valence-corrected chi connectivity index (χ4v) is 2.80. The molecular formula is C18H13N3O3S. The van der Waals surface area contributed by atoms with Crippen molar-refractivity contribution in [1.82, 2.24) is 10.6 Å². The zero-order chi connectivity index (χ0) is 18.0. The lowest BCUT2D eigenvalue weighted by molar-refractivity contribution is -0.117. The number of carbonyl (C=O) groups is 2. The van der Waals surface area contributed by atoms with E-state index in [1.807, 2.05) is 12.1 Å². The molecule has 7 heteroatoms. The zero-order valence-corrected chi connectivity index (χ0v) is 13.7. The van der Waals surface area contributed by atoms with Gasteiger partial charge in [-0.1, -0.05) is 36.4 Å². The second-order valence-electron chi connectivity index (χ2n) is 5.35. The van der Waals surface area contributed by atoms with E-state index in [2.05, 4.69) is 23.3 Å². The fraction of sp³-hybridized carbons (Fsp3) is 0.0556. The molecule has 0 radical (unpaired) electrons. The molecule has 0 bridgehead atoms. The Bertz CT molecular complexity index is 929. The molecule has 1 unspecified atom stereocenters. The van der Waals surface area contributed by atoms with Gasteiger partial charge in [0.15, 0.2) is 0 Å². The van der Waals surface area contributed by atoms with Crippen molar-refractivity contribution in [3.8, 4) is 17.2 Å². The van der Waals surface area contributed by atoms with E-state index in [1.54, 1.807) is 36.4 Å². The molecule has 0 saturated heterocycles. The largest absolute Gasteiger partial charge is 0.478 e. The first-order valence-electron chi connectivity index (χ1n) is 7.33. The SMILES string of the molecule is N#CC1=C(c2ccc(-c3cccc(C(=O)O)c3)cc2)NC(S)NC1=O. The van der Waals surface area contributed by atoms with Crippen molar-refractivity contribution in [3.05, 3.63) is 65.2 Å². The van der Waals surface area contributed by atoms with Crippen molar-refractivity contribution in [3.63, 3.8) is 0 Å². The van der Waals surface area contributed by atoms with Gasteiger partial charge < -0.3 is 15.7 Å². The summed E-state index contributed by atoms with van der Waals surface area (Å²) in [6, 6.07) is 15.7. The summed E-state index contributed by atoms with van der Waals surface area (Å²) in [6.07, 6.45) is 0. The summed E-state index contributed by atoms with van der Waals surface area (Å²) in [7, 11) is 0. The average Bonchev–Trinajstić information content (AvgIpc) is 2.61. The second-order valence-corrected chi connectivity index (χ2v) is 5.86. The van der Waals surface area contributed by atoms with Crippen molar-refractivity contribution in [2.45, 2.75) is 5.50 Å². The van der Waals surface area contributed by atoms with Crippen LogP contribution in [0, 0.1) is 11.3 Å². The zero-order valence-electron chi connectivity index (χ0n) is 12.9. The number of nitriles is 1. The minimum absolute atomic E-state index is 0.00840. The lowest BCUT2D eigenvalue weighted by Crippen LogP contribution is -2.46. The molecule has 1 atom stereocenters. The number of nitrogens with one attached hydrogen (secondary N) is 2. The van der Waals surface area contributed by atoms with Crippen LogP contribution in [-0.2, 0) is 4.79 Å². The van der Waals surface area contributed by atoms with Crippen LogP contribution < -0.4 is 10.6 Å². The number of hydrogen-bond donors (Lipinski definition) is 4. The predicted octanol–water partition coefficient (Wildman–Crippen LogP) is 2.22. The molecule has 1 aliphatic heterocycles. The molecule has 1 heterocycles. The van der Waals surface area contributed by atoms with Gasteiger partial charge in [-0.15, -0.1) is 12.6 Å². The van der Waals surface area contributed by atoms with Gasteiger partial charge in [-0.25, -0.2) is 4.79 Å². The molecule has 3 rings (SSSR count). The normalized spacial score (nSPS) is 16.6. The molecule has 6 nitrogen and oxygen atoms in total. The highest BCUT2D eigenvalue weighted by Crippen LogP contribution is 2.25. The van der Waals surface area contributed by atoms with Crippen molar-refractivity contribution >= 4 is 30.2 Å². The van der Waals surface area contributed by atoms with Gasteiger partial charge in [0.2, 0.25) is 0 Å². The van der Waals surface area contributed by atoms with Crippen LogP contribution >= 0.6 is 12.6 Å². The van der Waals surface area contributed by atoms with E-state index >= 15 is 0 Å². The van der Waals surface area contributed by atoms with Crippen LogP contribution in [0.25, 0.3) is 16.8 Å². The molecule has 0 fully saturated rings. The maximum atomic E-state index is 11.9. The van der Waals surface area contributed by atoms with Crippen molar-refractivity contribution in [2.24, 2.45) is 0 Å². The van der Waals surface area contributed by atoms with E-state index in [0.717, 1.165) is 11.1 Å². The minimum atomic E-state index is -0.987. The van der Waals surface area contributed by atoms with E-state index in [0.29, 0.717) is 11.3 Å². The maximum absolute atomic E-state index is 11.9. The Morgan fingerprint density at radius 1 is 1.08 bits per heavy atom. The van der Waals surface area contributed by atoms with Crippen LogP contribution in [0.4, 0.5) is 0 Å². The number of rotatable bonds is 3. The summed E-state index contributed by atoms with van der Waals surface area (Å²) in [5.74, 6) is -1.46.